The van der Waals surface area contributed by atoms with Crippen LogP contribution in [0.4, 0.5) is 0 Å². The number of pyridine rings is 2. The molecule has 0 aliphatic heterocycles. The van der Waals surface area contributed by atoms with E-state index in [2.05, 4.69) is 46.4 Å². The van der Waals surface area contributed by atoms with E-state index in [0.29, 0.717) is 27.9 Å². The maximum atomic E-state index is 8.43. The molecule has 5 aromatic carbocycles. The van der Waals surface area contributed by atoms with Crippen molar-refractivity contribution in [1.82, 2.24) is 9.97 Å². The Morgan fingerprint density at radius 3 is 2.35 bits per heavy atom. The molecule has 3 heterocycles. The average Bonchev–Trinajstić information content (AvgIpc) is 3.60. The van der Waals surface area contributed by atoms with Crippen molar-refractivity contribution >= 4 is 32.7 Å². The van der Waals surface area contributed by atoms with E-state index in [0.717, 1.165) is 44.5 Å². The first kappa shape index (κ1) is 22.7. The van der Waals surface area contributed by atoms with Crippen LogP contribution in [0.3, 0.4) is 0 Å². The summed E-state index contributed by atoms with van der Waals surface area (Å²) in [6.07, 6.45) is 1.27. The summed E-state index contributed by atoms with van der Waals surface area (Å²) in [5, 5.41) is 4.28. The Labute approximate surface area is 317 Å². The normalized spacial score (nSPS) is 15.4. The minimum atomic E-state index is -2.65. The van der Waals surface area contributed by atoms with Crippen LogP contribution in [-0.4, -0.2) is 9.97 Å². The number of nitrogens with zero attached hydrogens (tertiary/aromatic N) is 2. The van der Waals surface area contributed by atoms with E-state index in [-0.39, 0.29) is 48.4 Å². The van der Waals surface area contributed by atoms with Crippen LogP contribution in [0.1, 0.15) is 51.2 Å². The number of fused-ring (bicyclic) bond motifs is 5. The molecule has 1 radical (unpaired) electrons. The summed E-state index contributed by atoms with van der Waals surface area (Å²) in [5.74, 6) is -0.143. The third kappa shape index (κ3) is 7.13. The molecule has 8 rings (SSSR count). The van der Waals surface area contributed by atoms with Gasteiger partial charge in [0.1, 0.15) is 5.58 Å². The second-order valence-electron chi connectivity index (χ2n) is 11.7. The van der Waals surface area contributed by atoms with Gasteiger partial charge in [-0.2, -0.15) is 0 Å². The second-order valence-corrected chi connectivity index (χ2v) is 11.7. The van der Waals surface area contributed by atoms with Gasteiger partial charge in [0.05, 0.1) is 5.58 Å². The van der Waals surface area contributed by atoms with Gasteiger partial charge in [-0.05, 0) is 60.0 Å². The van der Waals surface area contributed by atoms with Crippen molar-refractivity contribution in [3.05, 3.63) is 156 Å². The fourth-order valence-electron chi connectivity index (χ4n) is 5.75. The van der Waals surface area contributed by atoms with Crippen molar-refractivity contribution < 1.29 is 39.6 Å². The predicted molar refractivity (Wildman–Crippen MR) is 200 cm³/mol. The Bertz CT molecular complexity index is 2810. The SMILES string of the molecule is [2H]C([2H])([2H])c1c[c-]c(-c2cc(C([2H])([2H])[2H])c(C([2H])([2H])[2H])cn2)cc1-c1ccccc1.[2H]C([2H])(c1ccnc(-c2[c-]ccc3c2oc2c4ccccc4ccc32)c1)C(C)C.[Ir]. The second kappa shape index (κ2) is 14.7. The van der Waals surface area contributed by atoms with E-state index in [4.69, 9.17) is 19.5 Å². The molecule has 0 N–H and O–H groups in total. The molecular weight excluding hydrogens is 777 g/mol. The molecule has 0 aliphatic carbocycles. The van der Waals surface area contributed by atoms with Crippen LogP contribution >= 0.6 is 0 Å². The molecule has 0 atom stereocenters. The van der Waals surface area contributed by atoms with Gasteiger partial charge in [0, 0.05) is 58.3 Å². The summed E-state index contributed by atoms with van der Waals surface area (Å²) in [5.41, 5.74) is 4.75. The number of aromatic nitrogens is 2. The van der Waals surface area contributed by atoms with Gasteiger partial charge < -0.3 is 14.4 Å². The largest absolute Gasteiger partial charge is 0.500 e. The van der Waals surface area contributed by atoms with E-state index in [1.807, 2.05) is 50.2 Å². The van der Waals surface area contributed by atoms with E-state index < -0.39 is 26.9 Å². The quantitative estimate of drug-likeness (QED) is 0.162. The fourth-order valence-corrected chi connectivity index (χ4v) is 5.75. The molecule has 0 amide bonds. The Morgan fingerprint density at radius 1 is 0.735 bits per heavy atom. The Kier molecular flexibility index (Phi) is 6.81. The monoisotopic (exact) mass is 826 g/mol. The maximum Gasteiger partial charge on any atom is 0.128 e. The van der Waals surface area contributed by atoms with Crippen LogP contribution in [0.5, 0.6) is 0 Å². The first-order valence-electron chi connectivity index (χ1n) is 21.1. The molecule has 0 saturated carbocycles. The molecule has 0 bridgehead atoms. The van der Waals surface area contributed by atoms with E-state index in [1.165, 1.54) is 12.1 Å². The molecule has 0 saturated heterocycles. The zero-order valence-electron chi connectivity index (χ0n) is 37.8. The number of aryl methyl sites for hydroxylation is 3. The number of furan rings is 1. The molecule has 245 valence electrons. The molecule has 0 fully saturated rings. The number of hydrogen-bond donors (Lipinski definition) is 0. The van der Waals surface area contributed by atoms with Gasteiger partial charge in [0.25, 0.3) is 0 Å². The molecule has 4 heteroatoms. The molecule has 0 unspecified atom stereocenters. The van der Waals surface area contributed by atoms with E-state index in [9.17, 15) is 0 Å². The smallest absolute Gasteiger partial charge is 0.128 e. The van der Waals surface area contributed by atoms with E-state index >= 15 is 0 Å². The Hall–Kier alpha value is -4.89. The van der Waals surface area contributed by atoms with Gasteiger partial charge in [-0.15, -0.1) is 47.5 Å². The number of rotatable bonds is 5. The summed E-state index contributed by atoms with van der Waals surface area (Å²) in [6.45, 7) is -3.88. The standard InChI is InChI=1S/C25H20NO.C20H18N.Ir/c1-16(2)14-17-12-13-26-23(15-17)22-9-5-8-20-21-11-10-18-6-3-4-7-19(18)24(21)27-25(20)22;1-14-9-10-18(20-11-15(2)16(3)13-21-20)12-19(14)17-7-5-4-6-8-17;/h3-8,10-13,15-16H,14H2,1-2H3;4-9,11-13H,1-3H3;/q2*-1;/i14D2;1D3,2D3,3D3;. The van der Waals surface area contributed by atoms with Crippen molar-refractivity contribution in [3.63, 3.8) is 0 Å². The third-order valence-corrected chi connectivity index (χ3v) is 8.01. The van der Waals surface area contributed by atoms with Crippen LogP contribution in [0.2, 0.25) is 0 Å². The molecule has 8 aromatic rings. The summed E-state index contributed by atoms with van der Waals surface area (Å²) >= 11 is 0. The number of hydrogen-bond acceptors (Lipinski definition) is 3. The summed E-state index contributed by atoms with van der Waals surface area (Å²) in [7, 11) is 0. The van der Waals surface area contributed by atoms with Crippen molar-refractivity contribution in [2.45, 2.75) is 40.8 Å². The zero-order valence-corrected chi connectivity index (χ0v) is 29.2. The summed E-state index contributed by atoms with van der Waals surface area (Å²) < 4.78 is 92.6. The molecule has 0 spiro atoms. The summed E-state index contributed by atoms with van der Waals surface area (Å²) in [4.78, 5) is 8.64. The molecule has 3 nitrogen and oxygen atoms in total. The van der Waals surface area contributed by atoms with Crippen molar-refractivity contribution in [2.24, 2.45) is 5.92 Å². The van der Waals surface area contributed by atoms with Crippen molar-refractivity contribution in [1.29, 1.82) is 0 Å². The van der Waals surface area contributed by atoms with Crippen molar-refractivity contribution in [2.75, 3.05) is 0 Å². The van der Waals surface area contributed by atoms with E-state index in [1.54, 1.807) is 42.6 Å². The van der Waals surface area contributed by atoms with Crippen LogP contribution in [0.15, 0.2) is 126 Å². The van der Waals surface area contributed by atoms with Gasteiger partial charge >= 0.3 is 0 Å². The fraction of sp³-hybridized carbons (Fsp3) is 0.156. The number of benzene rings is 5. The van der Waals surface area contributed by atoms with Gasteiger partial charge in [0.15, 0.2) is 0 Å². The first-order valence-corrected chi connectivity index (χ1v) is 15.6. The molecule has 49 heavy (non-hydrogen) atoms. The van der Waals surface area contributed by atoms with Crippen LogP contribution in [0, 0.1) is 38.6 Å². The van der Waals surface area contributed by atoms with Gasteiger partial charge in [-0.3, -0.25) is 0 Å². The first-order chi connectivity index (χ1) is 27.7. The summed E-state index contributed by atoms with van der Waals surface area (Å²) in [6, 6.07) is 39.0. The van der Waals surface area contributed by atoms with Gasteiger partial charge in [0.2, 0.25) is 0 Å². The molecule has 3 aromatic heterocycles. The minimum Gasteiger partial charge on any atom is -0.500 e. The molecular formula is C45H38IrN2O-2. The van der Waals surface area contributed by atoms with Crippen LogP contribution in [-0.2, 0) is 26.5 Å². The van der Waals surface area contributed by atoms with Crippen LogP contribution < -0.4 is 0 Å². The van der Waals surface area contributed by atoms with Gasteiger partial charge in [-0.25, -0.2) is 0 Å². The predicted octanol–water partition coefficient (Wildman–Crippen LogP) is 11.9. The van der Waals surface area contributed by atoms with Crippen LogP contribution in [0.25, 0.3) is 66.4 Å². The Morgan fingerprint density at radius 2 is 1.53 bits per heavy atom. The van der Waals surface area contributed by atoms with Gasteiger partial charge in [-0.1, -0.05) is 127 Å². The Balaban J connectivity index is 0.000000198. The maximum absolute atomic E-state index is 8.43. The minimum absolute atomic E-state index is 0. The average molecular weight is 826 g/mol. The van der Waals surface area contributed by atoms with Crippen molar-refractivity contribution in [3.8, 4) is 33.6 Å². The topological polar surface area (TPSA) is 38.9 Å². The zero-order chi connectivity index (χ0) is 42.5. The third-order valence-electron chi connectivity index (χ3n) is 8.01. The molecule has 0 aliphatic rings.